The lowest BCUT2D eigenvalue weighted by Gasteiger charge is -2.32. The molecule has 6 rings (SSSR count). The van der Waals surface area contributed by atoms with Crippen LogP contribution in [0.1, 0.15) is 67.9 Å². The first-order valence-corrected chi connectivity index (χ1v) is 15.5. The number of carbonyl (C=O) groups is 1. The molecule has 0 unspecified atom stereocenters. The molecule has 1 saturated heterocycles. The first-order valence-electron chi connectivity index (χ1n) is 14.3. The summed E-state index contributed by atoms with van der Waals surface area (Å²) in [5.74, 6) is -0.283. The van der Waals surface area contributed by atoms with Crippen molar-refractivity contribution in [1.29, 1.82) is 0 Å². The van der Waals surface area contributed by atoms with Crippen LogP contribution in [0.4, 0.5) is 10.1 Å². The van der Waals surface area contributed by atoms with Gasteiger partial charge in [-0.15, -0.1) is 0 Å². The Labute approximate surface area is 252 Å². The number of amides is 1. The van der Waals surface area contributed by atoms with Crippen LogP contribution in [0.5, 0.6) is 0 Å². The maximum atomic E-state index is 13.7. The predicted octanol–water partition coefficient (Wildman–Crippen LogP) is 5.31. The molecule has 224 valence electrons. The second kappa shape index (κ2) is 10.8. The lowest BCUT2D eigenvalue weighted by Crippen LogP contribution is -2.41. The number of carbonyl (C=O) groups excluding carboxylic acids is 1. The van der Waals surface area contributed by atoms with E-state index < -0.39 is 35.0 Å². The van der Waals surface area contributed by atoms with Gasteiger partial charge >= 0.3 is 7.12 Å². The Balaban J connectivity index is 1.38. The third kappa shape index (κ3) is 5.45. The molecular weight excluding hydrogens is 570 g/mol. The number of rotatable bonds is 8. The van der Waals surface area contributed by atoms with Crippen molar-refractivity contribution in [3.8, 4) is 11.3 Å². The number of halogens is 1. The molecule has 0 bridgehead atoms. The van der Waals surface area contributed by atoms with Crippen LogP contribution in [0.15, 0.2) is 65.1 Å². The third-order valence-corrected chi connectivity index (χ3v) is 9.48. The lowest BCUT2D eigenvalue weighted by atomic mass is 9.79. The Kier molecular flexibility index (Phi) is 7.39. The van der Waals surface area contributed by atoms with Gasteiger partial charge < -0.3 is 19.0 Å². The van der Waals surface area contributed by atoms with E-state index in [-0.39, 0.29) is 18.4 Å². The molecule has 1 amide bonds. The number of hydrogen-bond donors (Lipinski definition) is 2. The van der Waals surface area contributed by atoms with Crippen LogP contribution in [0.2, 0.25) is 0 Å². The van der Waals surface area contributed by atoms with Crippen LogP contribution in [-0.4, -0.2) is 39.7 Å². The summed E-state index contributed by atoms with van der Waals surface area (Å²) in [6.07, 6.45) is 1.84. The van der Waals surface area contributed by atoms with Crippen molar-refractivity contribution in [2.45, 2.75) is 64.2 Å². The van der Waals surface area contributed by atoms with Gasteiger partial charge in [0.2, 0.25) is 10.9 Å². The minimum absolute atomic E-state index is 0.113. The zero-order valence-corrected chi connectivity index (χ0v) is 25.7. The van der Waals surface area contributed by atoms with Crippen LogP contribution in [0.25, 0.3) is 22.3 Å². The monoisotopic (exact) mass is 604 g/mol. The van der Waals surface area contributed by atoms with E-state index >= 15 is 0 Å². The van der Waals surface area contributed by atoms with E-state index in [4.69, 9.17) is 13.7 Å². The average Bonchev–Trinajstić information content (AvgIpc) is 3.70. The van der Waals surface area contributed by atoms with Crippen LogP contribution in [0, 0.1) is 5.82 Å². The van der Waals surface area contributed by atoms with E-state index in [0.29, 0.717) is 33.5 Å². The zero-order chi connectivity index (χ0) is 30.7. The quantitative estimate of drug-likeness (QED) is 0.209. The standard InChI is InChI=1S/C32H34BFN2O6S/c1-31(2)32(3,4)42-33(41-31)22-12-6-19(7-13-22)18-36(43(38)39)26-17-27-25(16-24(26)20-8-9-20)28(30(37)35-5)29(40-27)21-10-14-23(34)15-11-21/h6-7,10-17,20,43H,8-9,18H2,1-5H3,(H,35,37). The molecule has 2 fully saturated rings. The van der Waals surface area contributed by atoms with Crippen molar-refractivity contribution in [3.05, 3.63) is 83.2 Å². The summed E-state index contributed by atoms with van der Waals surface area (Å²) >= 11 is 0. The Bertz CT molecular complexity index is 1750. The molecule has 0 spiro atoms. The first-order chi connectivity index (χ1) is 20.4. The topological polar surface area (TPSA) is 98.1 Å². The average molecular weight is 605 g/mol. The number of nitrogens with one attached hydrogen (secondary N) is 1. The molecule has 1 N–H and O–H groups in total. The molecule has 8 nitrogen and oxygen atoms in total. The molecule has 11 heteroatoms. The van der Waals surface area contributed by atoms with Gasteiger partial charge in [-0.1, -0.05) is 24.3 Å². The number of fused-ring (bicyclic) bond motifs is 1. The molecule has 2 heterocycles. The summed E-state index contributed by atoms with van der Waals surface area (Å²) in [6.45, 7) is 8.10. The van der Waals surface area contributed by atoms with E-state index in [0.717, 1.165) is 29.4 Å². The summed E-state index contributed by atoms with van der Waals surface area (Å²) in [4.78, 5) is 13.0. The Morgan fingerprint density at radius 1 is 1.00 bits per heavy atom. The van der Waals surface area contributed by atoms with Gasteiger partial charge in [0.05, 0.1) is 29.0 Å². The third-order valence-electron chi connectivity index (χ3n) is 8.73. The van der Waals surface area contributed by atoms with Crippen molar-refractivity contribution in [2.24, 2.45) is 0 Å². The summed E-state index contributed by atoms with van der Waals surface area (Å²) in [7, 11) is -2.00. The van der Waals surface area contributed by atoms with Crippen LogP contribution >= 0.6 is 0 Å². The zero-order valence-electron chi connectivity index (χ0n) is 24.8. The van der Waals surface area contributed by atoms with Crippen molar-refractivity contribution in [1.82, 2.24) is 5.32 Å². The smallest absolute Gasteiger partial charge is 0.455 e. The SMILES string of the molecule is CNC(=O)c1c(-c2ccc(F)cc2)oc2cc(N(Cc3ccc(B4OC(C)(C)C(C)(C)O4)cc3)[SH](=O)=O)c(C3CC3)cc12. The van der Waals surface area contributed by atoms with Crippen molar-refractivity contribution in [3.63, 3.8) is 0 Å². The molecule has 0 radical (unpaired) electrons. The predicted molar refractivity (Wildman–Crippen MR) is 166 cm³/mol. The molecule has 3 aromatic carbocycles. The Morgan fingerprint density at radius 3 is 2.19 bits per heavy atom. The van der Waals surface area contributed by atoms with Gasteiger partial charge in [-0.25, -0.2) is 12.8 Å². The summed E-state index contributed by atoms with van der Waals surface area (Å²) < 4.78 is 59.0. The molecule has 1 aliphatic heterocycles. The van der Waals surface area contributed by atoms with Gasteiger partial charge in [-0.2, -0.15) is 0 Å². The minimum Gasteiger partial charge on any atom is -0.455 e. The van der Waals surface area contributed by atoms with Crippen molar-refractivity contribution < 1.29 is 31.3 Å². The fourth-order valence-electron chi connectivity index (χ4n) is 5.41. The number of benzene rings is 3. The summed E-state index contributed by atoms with van der Waals surface area (Å²) in [5, 5.41) is 3.25. The lowest BCUT2D eigenvalue weighted by molar-refractivity contribution is 0.00578. The molecule has 0 atom stereocenters. The second-order valence-electron chi connectivity index (χ2n) is 12.2. The molecule has 4 aromatic rings. The van der Waals surface area contributed by atoms with E-state index in [2.05, 4.69) is 5.32 Å². The highest BCUT2D eigenvalue weighted by Crippen LogP contribution is 2.48. The number of thiol groups is 1. The van der Waals surface area contributed by atoms with E-state index in [1.807, 2.05) is 58.0 Å². The molecule has 2 aliphatic rings. The van der Waals surface area contributed by atoms with E-state index in [1.165, 1.54) is 23.5 Å². The van der Waals surface area contributed by atoms with Crippen LogP contribution in [-0.2, 0) is 26.7 Å². The molecule has 1 aliphatic carbocycles. The van der Waals surface area contributed by atoms with Gasteiger partial charge in [0.25, 0.3) is 5.91 Å². The Morgan fingerprint density at radius 2 is 1.63 bits per heavy atom. The fourth-order valence-corrected chi connectivity index (χ4v) is 6.04. The molecule has 43 heavy (non-hydrogen) atoms. The highest BCUT2D eigenvalue weighted by atomic mass is 32.2. The minimum atomic E-state index is -3.02. The number of nitrogens with zero attached hydrogens (tertiary/aromatic N) is 1. The van der Waals surface area contributed by atoms with Crippen LogP contribution in [0.3, 0.4) is 0 Å². The van der Waals surface area contributed by atoms with Crippen molar-refractivity contribution in [2.75, 3.05) is 11.4 Å². The van der Waals surface area contributed by atoms with Gasteiger partial charge in [0, 0.05) is 24.1 Å². The Hall–Kier alpha value is -3.67. The molecular formula is C32H34BFN2O6S. The maximum absolute atomic E-state index is 13.7. The van der Waals surface area contributed by atoms with Gasteiger partial charge in [0.1, 0.15) is 17.2 Å². The largest absolute Gasteiger partial charge is 0.494 e. The highest BCUT2D eigenvalue weighted by Gasteiger charge is 2.51. The van der Waals surface area contributed by atoms with Crippen LogP contribution < -0.4 is 15.1 Å². The number of anilines is 1. The van der Waals surface area contributed by atoms with E-state index in [9.17, 15) is 17.6 Å². The summed E-state index contributed by atoms with van der Waals surface area (Å²) in [5.41, 5.74) is 3.31. The summed E-state index contributed by atoms with van der Waals surface area (Å²) in [6, 6.07) is 16.8. The number of hydrogen-bond acceptors (Lipinski definition) is 6. The first kappa shape index (κ1) is 29.4. The molecule has 1 saturated carbocycles. The maximum Gasteiger partial charge on any atom is 0.494 e. The number of furan rings is 1. The highest BCUT2D eigenvalue weighted by molar-refractivity contribution is 7.74. The van der Waals surface area contributed by atoms with Gasteiger partial charge in [-0.05, 0) is 93.4 Å². The second-order valence-corrected chi connectivity index (χ2v) is 13.2. The van der Waals surface area contributed by atoms with Crippen molar-refractivity contribution >= 4 is 46.0 Å². The normalized spacial score (nSPS) is 17.5. The molecule has 1 aromatic heterocycles. The van der Waals surface area contributed by atoms with E-state index in [1.54, 1.807) is 18.2 Å². The van der Waals surface area contributed by atoms with Gasteiger partial charge in [0.15, 0.2) is 0 Å². The fraction of sp³-hybridized carbons (Fsp3) is 0.344. The van der Waals surface area contributed by atoms with Gasteiger partial charge in [-0.3, -0.25) is 9.10 Å².